The Labute approximate surface area is 141 Å². The van der Waals surface area contributed by atoms with Gasteiger partial charge in [0.25, 0.3) is 0 Å². The first-order chi connectivity index (χ1) is 11.8. The van der Waals surface area contributed by atoms with Gasteiger partial charge in [-0.1, -0.05) is 36.9 Å². The Balaban J connectivity index is 1.89. The summed E-state index contributed by atoms with van der Waals surface area (Å²) in [7, 11) is 0. The molecule has 0 aromatic heterocycles. The molecule has 0 heterocycles. The molecule has 0 saturated heterocycles. The van der Waals surface area contributed by atoms with Gasteiger partial charge in [-0.25, -0.2) is 8.78 Å². The third-order valence-electron chi connectivity index (χ3n) is 4.44. The SMILES string of the molecule is C=Cc1ccc(C2CCc3c(cc(F)c(OC(F)(F)F)c3F)C2)cc1. The first-order valence-electron chi connectivity index (χ1n) is 7.76. The molecule has 0 radical (unpaired) electrons. The van der Waals surface area contributed by atoms with E-state index in [2.05, 4.69) is 11.3 Å². The van der Waals surface area contributed by atoms with E-state index >= 15 is 0 Å². The average Bonchev–Trinajstić information content (AvgIpc) is 2.57. The van der Waals surface area contributed by atoms with Crippen LogP contribution in [0.1, 0.15) is 34.6 Å². The van der Waals surface area contributed by atoms with Crippen LogP contribution in [0.15, 0.2) is 36.9 Å². The minimum absolute atomic E-state index is 0.0551. The second kappa shape index (κ2) is 6.50. The molecule has 0 bridgehead atoms. The molecular formula is C19H15F5O. The van der Waals surface area contributed by atoms with Gasteiger partial charge < -0.3 is 4.74 Å². The van der Waals surface area contributed by atoms with Crippen molar-refractivity contribution in [3.8, 4) is 5.75 Å². The molecule has 0 saturated carbocycles. The fraction of sp³-hybridized carbons (Fsp3) is 0.263. The number of alkyl halides is 3. The van der Waals surface area contributed by atoms with Crippen molar-refractivity contribution in [2.75, 3.05) is 0 Å². The normalized spacial score (nSPS) is 17.1. The fourth-order valence-corrected chi connectivity index (χ4v) is 3.23. The Bertz CT molecular complexity index is 793. The summed E-state index contributed by atoms with van der Waals surface area (Å²) in [5.74, 6) is -3.91. The summed E-state index contributed by atoms with van der Waals surface area (Å²) in [6.45, 7) is 3.68. The summed E-state index contributed by atoms with van der Waals surface area (Å²) >= 11 is 0. The van der Waals surface area contributed by atoms with Crippen molar-refractivity contribution in [3.63, 3.8) is 0 Å². The Hall–Kier alpha value is -2.37. The van der Waals surface area contributed by atoms with Gasteiger partial charge in [0.2, 0.25) is 5.75 Å². The van der Waals surface area contributed by atoms with Crippen LogP contribution in [0, 0.1) is 11.6 Å². The van der Waals surface area contributed by atoms with Crippen LogP contribution < -0.4 is 4.74 Å². The molecule has 0 aliphatic heterocycles. The zero-order valence-electron chi connectivity index (χ0n) is 13.2. The second-order valence-electron chi connectivity index (χ2n) is 6.00. The number of fused-ring (bicyclic) bond motifs is 1. The lowest BCUT2D eigenvalue weighted by molar-refractivity contribution is -0.276. The predicted molar refractivity (Wildman–Crippen MR) is 84.3 cm³/mol. The van der Waals surface area contributed by atoms with E-state index < -0.39 is 23.7 Å². The minimum Gasteiger partial charge on any atom is -0.399 e. The van der Waals surface area contributed by atoms with E-state index in [0.717, 1.165) is 17.2 Å². The summed E-state index contributed by atoms with van der Waals surface area (Å²) in [5.41, 5.74) is 2.46. The highest BCUT2D eigenvalue weighted by Crippen LogP contribution is 2.39. The standard InChI is InChI=1S/C19H15F5O/c1-2-11-3-5-12(6-4-11)13-7-8-15-14(9-13)10-16(20)18(17(15)21)25-19(22,23)24/h2-6,10,13H,1,7-9H2. The van der Waals surface area contributed by atoms with Gasteiger partial charge in [0, 0.05) is 0 Å². The Morgan fingerprint density at radius 1 is 1.12 bits per heavy atom. The van der Waals surface area contributed by atoms with Crippen molar-refractivity contribution < 1.29 is 26.7 Å². The van der Waals surface area contributed by atoms with Gasteiger partial charge >= 0.3 is 6.36 Å². The van der Waals surface area contributed by atoms with E-state index in [-0.39, 0.29) is 17.9 Å². The van der Waals surface area contributed by atoms with E-state index in [1.165, 1.54) is 0 Å². The molecule has 6 heteroatoms. The van der Waals surface area contributed by atoms with Crippen molar-refractivity contribution in [1.29, 1.82) is 0 Å². The Morgan fingerprint density at radius 3 is 2.40 bits per heavy atom. The monoisotopic (exact) mass is 354 g/mol. The van der Waals surface area contributed by atoms with Crippen LogP contribution in [0.4, 0.5) is 22.0 Å². The number of rotatable bonds is 3. The van der Waals surface area contributed by atoms with Gasteiger partial charge in [-0.15, -0.1) is 13.2 Å². The molecule has 1 aliphatic carbocycles. The maximum Gasteiger partial charge on any atom is 0.573 e. The van der Waals surface area contributed by atoms with Gasteiger partial charge in [-0.3, -0.25) is 0 Å². The van der Waals surface area contributed by atoms with E-state index in [1.807, 2.05) is 24.3 Å². The van der Waals surface area contributed by atoms with Crippen molar-refractivity contribution >= 4 is 6.08 Å². The van der Waals surface area contributed by atoms with Crippen molar-refractivity contribution in [2.24, 2.45) is 0 Å². The third-order valence-corrected chi connectivity index (χ3v) is 4.44. The number of halogens is 5. The molecule has 0 amide bonds. The molecule has 1 aliphatic rings. The quantitative estimate of drug-likeness (QED) is 0.635. The lowest BCUT2D eigenvalue weighted by atomic mass is 9.79. The van der Waals surface area contributed by atoms with Crippen LogP contribution in [0.3, 0.4) is 0 Å². The fourth-order valence-electron chi connectivity index (χ4n) is 3.23. The highest BCUT2D eigenvalue weighted by atomic mass is 19.4. The maximum absolute atomic E-state index is 14.3. The minimum atomic E-state index is -5.14. The topological polar surface area (TPSA) is 9.23 Å². The molecule has 1 unspecified atom stereocenters. The molecule has 0 N–H and O–H groups in total. The van der Waals surface area contributed by atoms with Crippen LogP contribution in [0.5, 0.6) is 5.75 Å². The second-order valence-corrected chi connectivity index (χ2v) is 6.00. The Morgan fingerprint density at radius 2 is 1.80 bits per heavy atom. The van der Waals surface area contributed by atoms with Gasteiger partial charge in [0.1, 0.15) is 0 Å². The largest absolute Gasteiger partial charge is 0.573 e. The van der Waals surface area contributed by atoms with Crippen LogP contribution >= 0.6 is 0 Å². The first-order valence-corrected chi connectivity index (χ1v) is 7.76. The summed E-state index contributed by atoms with van der Waals surface area (Å²) < 4.78 is 68.7. The predicted octanol–water partition coefficient (Wildman–Crippen LogP) is 5.78. The smallest absolute Gasteiger partial charge is 0.399 e. The zero-order chi connectivity index (χ0) is 18.2. The molecule has 2 aromatic carbocycles. The molecule has 0 fully saturated rings. The maximum atomic E-state index is 14.3. The van der Waals surface area contributed by atoms with Crippen molar-refractivity contribution in [3.05, 3.63) is 70.8 Å². The molecule has 25 heavy (non-hydrogen) atoms. The third kappa shape index (κ3) is 3.67. The molecule has 2 aromatic rings. The molecule has 0 spiro atoms. The first kappa shape index (κ1) is 17.5. The molecule has 132 valence electrons. The van der Waals surface area contributed by atoms with E-state index in [1.54, 1.807) is 6.08 Å². The van der Waals surface area contributed by atoms with Gasteiger partial charge in [-0.05, 0) is 53.5 Å². The zero-order valence-corrected chi connectivity index (χ0v) is 13.2. The Kier molecular flexibility index (Phi) is 4.54. The number of hydrogen-bond acceptors (Lipinski definition) is 1. The average molecular weight is 354 g/mol. The van der Waals surface area contributed by atoms with Gasteiger partial charge in [0.15, 0.2) is 11.6 Å². The van der Waals surface area contributed by atoms with Crippen LogP contribution in [0.25, 0.3) is 6.08 Å². The van der Waals surface area contributed by atoms with E-state index in [0.29, 0.717) is 18.4 Å². The lowest BCUT2D eigenvalue weighted by Crippen LogP contribution is -2.21. The summed E-state index contributed by atoms with van der Waals surface area (Å²) in [6, 6.07) is 8.61. The van der Waals surface area contributed by atoms with Crippen molar-refractivity contribution in [2.45, 2.75) is 31.5 Å². The number of hydrogen-bond donors (Lipinski definition) is 0. The highest BCUT2D eigenvalue weighted by Gasteiger charge is 2.36. The lowest BCUT2D eigenvalue weighted by Gasteiger charge is -2.26. The van der Waals surface area contributed by atoms with E-state index in [9.17, 15) is 22.0 Å². The molecule has 1 nitrogen and oxygen atoms in total. The number of benzene rings is 2. The summed E-state index contributed by atoms with van der Waals surface area (Å²) in [4.78, 5) is 0. The van der Waals surface area contributed by atoms with E-state index in [4.69, 9.17) is 0 Å². The number of ether oxygens (including phenoxy) is 1. The van der Waals surface area contributed by atoms with Crippen LogP contribution in [-0.4, -0.2) is 6.36 Å². The molecule has 1 atom stereocenters. The highest BCUT2D eigenvalue weighted by molar-refractivity contribution is 5.48. The molecule has 3 rings (SSSR count). The summed E-state index contributed by atoms with van der Waals surface area (Å²) in [5, 5.41) is 0. The van der Waals surface area contributed by atoms with Gasteiger partial charge in [0.05, 0.1) is 0 Å². The van der Waals surface area contributed by atoms with Crippen LogP contribution in [0.2, 0.25) is 0 Å². The molecular weight excluding hydrogens is 339 g/mol. The van der Waals surface area contributed by atoms with Gasteiger partial charge in [-0.2, -0.15) is 0 Å². The summed E-state index contributed by atoms with van der Waals surface area (Å²) in [6.07, 6.45) is -2.27. The van der Waals surface area contributed by atoms with Crippen molar-refractivity contribution in [1.82, 2.24) is 0 Å². The van der Waals surface area contributed by atoms with Crippen LogP contribution in [-0.2, 0) is 12.8 Å².